The van der Waals surface area contributed by atoms with Crippen LogP contribution in [0.15, 0.2) is 47.3 Å². The highest BCUT2D eigenvalue weighted by Crippen LogP contribution is 2.25. The number of aromatic nitrogens is 2. The molecule has 31 heavy (non-hydrogen) atoms. The van der Waals surface area contributed by atoms with E-state index in [1.54, 1.807) is 41.3 Å². The van der Waals surface area contributed by atoms with Crippen LogP contribution in [-0.4, -0.2) is 54.3 Å². The summed E-state index contributed by atoms with van der Waals surface area (Å²) < 4.78 is 16.4. The third-order valence-electron chi connectivity index (χ3n) is 5.34. The van der Waals surface area contributed by atoms with Crippen LogP contribution in [0.1, 0.15) is 29.0 Å². The van der Waals surface area contributed by atoms with Gasteiger partial charge in [-0.05, 0) is 37.1 Å². The van der Waals surface area contributed by atoms with E-state index in [1.165, 1.54) is 14.2 Å². The lowest BCUT2D eigenvalue weighted by Gasteiger charge is -2.25. The van der Waals surface area contributed by atoms with Crippen molar-refractivity contribution < 1.29 is 19.0 Å². The van der Waals surface area contributed by atoms with E-state index in [2.05, 4.69) is 9.97 Å². The zero-order chi connectivity index (χ0) is 21.8. The highest BCUT2D eigenvalue weighted by Gasteiger charge is 2.25. The average molecular weight is 423 g/mol. The number of aromatic amines is 1. The number of hydrogen-bond donors (Lipinski definition) is 1. The molecule has 162 valence electrons. The number of benzene rings is 2. The van der Waals surface area contributed by atoms with Crippen LogP contribution in [0.2, 0.25) is 0 Å². The molecule has 8 heteroatoms. The minimum absolute atomic E-state index is 0.0522. The Morgan fingerprint density at radius 1 is 1.19 bits per heavy atom. The van der Waals surface area contributed by atoms with Crippen molar-refractivity contribution in [3.8, 4) is 11.5 Å². The standard InChI is InChI=1S/C23H25N3O5/c1-29-17-10-15(11-18(12-17)30-2)23(28)26(13-16-6-5-9-31-16)14-21-24-20-8-4-3-7-19(20)22(27)25-21/h3-4,7-8,10-12,16H,5-6,9,13-14H2,1-2H3,(H,24,25,27)/t16-/m0/s1. The summed E-state index contributed by atoms with van der Waals surface area (Å²) in [5, 5.41) is 0.515. The van der Waals surface area contributed by atoms with Gasteiger partial charge < -0.3 is 24.1 Å². The number of hydrogen-bond acceptors (Lipinski definition) is 6. The molecular weight excluding hydrogens is 398 g/mol. The van der Waals surface area contributed by atoms with Crippen molar-refractivity contribution in [3.63, 3.8) is 0 Å². The van der Waals surface area contributed by atoms with Crippen molar-refractivity contribution in [2.24, 2.45) is 0 Å². The molecule has 1 fully saturated rings. The molecule has 1 N–H and O–H groups in total. The summed E-state index contributed by atoms with van der Waals surface area (Å²) in [6.07, 6.45) is 1.79. The molecule has 1 atom stereocenters. The first kappa shape index (κ1) is 20.9. The van der Waals surface area contributed by atoms with Gasteiger partial charge in [0.15, 0.2) is 0 Å². The molecule has 3 aromatic rings. The van der Waals surface area contributed by atoms with Gasteiger partial charge in [-0.25, -0.2) is 4.98 Å². The number of carbonyl (C=O) groups is 1. The molecule has 0 aliphatic carbocycles. The fraction of sp³-hybridized carbons (Fsp3) is 0.348. The summed E-state index contributed by atoms with van der Waals surface area (Å²) in [6.45, 7) is 1.23. The zero-order valence-electron chi connectivity index (χ0n) is 17.6. The van der Waals surface area contributed by atoms with E-state index in [0.29, 0.717) is 46.9 Å². The van der Waals surface area contributed by atoms with Gasteiger partial charge in [-0.3, -0.25) is 9.59 Å². The highest BCUT2D eigenvalue weighted by molar-refractivity contribution is 5.95. The Kier molecular flexibility index (Phi) is 6.18. The summed E-state index contributed by atoms with van der Waals surface area (Å²) >= 11 is 0. The van der Waals surface area contributed by atoms with E-state index in [9.17, 15) is 9.59 Å². The lowest BCUT2D eigenvalue weighted by Crippen LogP contribution is -2.38. The maximum Gasteiger partial charge on any atom is 0.258 e. The van der Waals surface area contributed by atoms with Crippen LogP contribution in [0.4, 0.5) is 0 Å². The average Bonchev–Trinajstić information content (AvgIpc) is 3.31. The number of methoxy groups -OCH3 is 2. The van der Waals surface area contributed by atoms with E-state index in [1.807, 2.05) is 6.07 Å². The molecule has 0 unspecified atom stereocenters. The molecule has 2 heterocycles. The van der Waals surface area contributed by atoms with Gasteiger partial charge in [-0.2, -0.15) is 0 Å². The predicted octanol–water partition coefficient (Wildman–Crippen LogP) is 2.76. The Labute approximate surface area is 179 Å². The van der Waals surface area contributed by atoms with Gasteiger partial charge in [0.25, 0.3) is 11.5 Å². The van der Waals surface area contributed by atoms with E-state index in [-0.39, 0.29) is 24.1 Å². The van der Waals surface area contributed by atoms with Gasteiger partial charge in [0, 0.05) is 24.8 Å². The monoisotopic (exact) mass is 423 g/mol. The van der Waals surface area contributed by atoms with Gasteiger partial charge in [0.05, 0.1) is 37.8 Å². The smallest absolute Gasteiger partial charge is 0.258 e. The van der Waals surface area contributed by atoms with Crippen molar-refractivity contribution in [1.29, 1.82) is 0 Å². The third kappa shape index (κ3) is 4.69. The molecule has 4 rings (SSSR count). The summed E-state index contributed by atoms with van der Waals surface area (Å²) in [4.78, 5) is 34.9. The molecule has 2 aromatic carbocycles. The first-order valence-corrected chi connectivity index (χ1v) is 10.2. The fourth-order valence-corrected chi connectivity index (χ4v) is 3.76. The number of nitrogens with zero attached hydrogens (tertiary/aromatic N) is 2. The molecule has 1 saturated heterocycles. The van der Waals surface area contributed by atoms with Crippen molar-refractivity contribution >= 4 is 16.8 Å². The van der Waals surface area contributed by atoms with Crippen LogP contribution in [0, 0.1) is 0 Å². The maximum absolute atomic E-state index is 13.5. The van der Waals surface area contributed by atoms with Crippen LogP contribution in [0.25, 0.3) is 10.9 Å². The molecular formula is C23H25N3O5. The van der Waals surface area contributed by atoms with Crippen LogP contribution in [0.3, 0.4) is 0 Å². The van der Waals surface area contributed by atoms with Crippen LogP contribution < -0.4 is 15.0 Å². The van der Waals surface area contributed by atoms with Gasteiger partial charge in [0.1, 0.15) is 17.3 Å². The van der Waals surface area contributed by atoms with Gasteiger partial charge in [0.2, 0.25) is 0 Å². The fourth-order valence-electron chi connectivity index (χ4n) is 3.76. The summed E-state index contributed by atoms with van der Waals surface area (Å²) in [7, 11) is 3.08. The van der Waals surface area contributed by atoms with Gasteiger partial charge in [-0.15, -0.1) is 0 Å². The minimum atomic E-state index is -0.229. The number of amides is 1. The minimum Gasteiger partial charge on any atom is -0.497 e. The summed E-state index contributed by atoms with van der Waals surface area (Å²) in [5.41, 5.74) is 0.791. The van der Waals surface area contributed by atoms with E-state index in [4.69, 9.17) is 14.2 Å². The molecule has 0 bridgehead atoms. The number of carbonyl (C=O) groups excluding carboxylic acids is 1. The number of ether oxygens (including phenoxy) is 3. The zero-order valence-corrected chi connectivity index (χ0v) is 17.6. The van der Waals surface area contributed by atoms with E-state index >= 15 is 0 Å². The number of fused-ring (bicyclic) bond motifs is 1. The topological polar surface area (TPSA) is 93.8 Å². The van der Waals surface area contributed by atoms with E-state index < -0.39 is 0 Å². The molecule has 0 radical (unpaired) electrons. The lowest BCUT2D eigenvalue weighted by molar-refractivity contribution is 0.0501. The Morgan fingerprint density at radius 3 is 2.61 bits per heavy atom. The van der Waals surface area contributed by atoms with Crippen molar-refractivity contribution in [3.05, 3.63) is 64.2 Å². The van der Waals surface area contributed by atoms with Crippen molar-refractivity contribution in [1.82, 2.24) is 14.9 Å². The molecule has 1 aliphatic rings. The Balaban J connectivity index is 1.67. The molecule has 0 spiro atoms. The third-order valence-corrected chi connectivity index (χ3v) is 5.34. The number of para-hydroxylation sites is 1. The van der Waals surface area contributed by atoms with Crippen LogP contribution in [-0.2, 0) is 11.3 Å². The van der Waals surface area contributed by atoms with Gasteiger partial charge >= 0.3 is 0 Å². The highest BCUT2D eigenvalue weighted by atomic mass is 16.5. The van der Waals surface area contributed by atoms with Gasteiger partial charge in [-0.1, -0.05) is 12.1 Å². The van der Waals surface area contributed by atoms with Crippen molar-refractivity contribution in [2.75, 3.05) is 27.4 Å². The molecule has 1 aliphatic heterocycles. The van der Waals surface area contributed by atoms with E-state index in [0.717, 1.165) is 12.8 Å². The van der Waals surface area contributed by atoms with Crippen LogP contribution >= 0.6 is 0 Å². The predicted molar refractivity (Wildman–Crippen MR) is 116 cm³/mol. The van der Waals surface area contributed by atoms with Crippen LogP contribution in [0.5, 0.6) is 11.5 Å². The molecule has 1 amide bonds. The Morgan fingerprint density at radius 2 is 1.94 bits per heavy atom. The first-order valence-electron chi connectivity index (χ1n) is 10.2. The number of nitrogens with one attached hydrogen (secondary N) is 1. The number of rotatable bonds is 7. The second-order valence-electron chi connectivity index (χ2n) is 7.45. The second-order valence-corrected chi connectivity index (χ2v) is 7.45. The maximum atomic E-state index is 13.5. The number of H-pyrrole nitrogens is 1. The molecule has 8 nitrogen and oxygen atoms in total. The quantitative estimate of drug-likeness (QED) is 0.628. The summed E-state index contributed by atoms with van der Waals surface area (Å²) in [5.74, 6) is 1.25. The molecule has 0 saturated carbocycles. The molecule has 1 aromatic heterocycles. The Bertz CT molecular complexity index is 1120. The second kappa shape index (κ2) is 9.18. The SMILES string of the molecule is COc1cc(OC)cc(C(=O)N(Cc2nc3ccccc3c(=O)[nH]2)C[C@@H]2CCCO2)c1. The largest absolute Gasteiger partial charge is 0.497 e. The summed E-state index contributed by atoms with van der Waals surface area (Å²) in [6, 6.07) is 12.2. The van der Waals surface area contributed by atoms with Crippen molar-refractivity contribution in [2.45, 2.75) is 25.5 Å². The first-order chi connectivity index (χ1) is 15.1. The normalized spacial score (nSPS) is 15.7. The Hall–Kier alpha value is -3.39. The lowest BCUT2D eigenvalue weighted by atomic mass is 10.1.